The summed E-state index contributed by atoms with van der Waals surface area (Å²) in [7, 11) is 0. The summed E-state index contributed by atoms with van der Waals surface area (Å²) < 4.78 is 0. The molecule has 0 aliphatic heterocycles. The number of hydrogen-bond acceptors (Lipinski definition) is 4. The summed E-state index contributed by atoms with van der Waals surface area (Å²) in [4.78, 5) is 8.89. The third kappa shape index (κ3) is 3.35. The number of pyridine rings is 1. The Hall–Kier alpha value is -1.26. The molecule has 4 heteroatoms. The van der Waals surface area contributed by atoms with Crippen LogP contribution in [0.5, 0.6) is 0 Å². The van der Waals surface area contributed by atoms with E-state index in [0.29, 0.717) is 0 Å². The number of aromatic nitrogens is 2. The van der Waals surface area contributed by atoms with Gasteiger partial charge in [0, 0.05) is 29.4 Å². The van der Waals surface area contributed by atoms with Gasteiger partial charge in [-0.25, -0.2) is 4.98 Å². The maximum absolute atomic E-state index is 4.60. The average Bonchev–Trinajstić information content (AvgIpc) is 2.79. The molecule has 0 saturated heterocycles. The zero-order chi connectivity index (χ0) is 12.1. The summed E-state index contributed by atoms with van der Waals surface area (Å²) >= 11 is 1.68. The summed E-state index contributed by atoms with van der Waals surface area (Å²) in [6.07, 6.45) is 3.04. The van der Waals surface area contributed by atoms with Crippen molar-refractivity contribution in [2.75, 3.05) is 6.54 Å². The van der Waals surface area contributed by atoms with Crippen LogP contribution in [0.1, 0.15) is 24.7 Å². The van der Waals surface area contributed by atoms with Gasteiger partial charge in [-0.3, -0.25) is 4.98 Å². The van der Waals surface area contributed by atoms with E-state index < -0.39 is 0 Å². The molecule has 0 saturated carbocycles. The van der Waals surface area contributed by atoms with Gasteiger partial charge in [-0.15, -0.1) is 11.3 Å². The lowest BCUT2D eigenvalue weighted by atomic mass is 10.3. The molecule has 0 aliphatic rings. The Morgan fingerprint density at radius 1 is 1.35 bits per heavy atom. The van der Waals surface area contributed by atoms with Crippen molar-refractivity contribution in [2.24, 2.45) is 0 Å². The lowest BCUT2D eigenvalue weighted by molar-refractivity contribution is 0.667. The van der Waals surface area contributed by atoms with Crippen LogP contribution in [-0.4, -0.2) is 16.5 Å². The summed E-state index contributed by atoms with van der Waals surface area (Å²) in [6.45, 7) is 6.05. The standard InChI is InChI=1S/C13H17N3S/c1-3-6-14-8-12-9-17-13(16-12)11-5-4-10(2)15-7-11/h4-5,7,9,14H,3,6,8H2,1-2H3. The number of thiazole rings is 1. The monoisotopic (exact) mass is 247 g/mol. The van der Waals surface area contributed by atoms with Gasteiger partial charge >= 0.3 is 0 Å². The molecule has 0 amide bonds. The van der Waals surface area contributed by atoms with Gasteiger partial charge in [0.15, 0.2) is 0 Å². The predicted molar refractivity (Wildman–Crippen MR) is 72.1 cm³/mol. The van der Waals surface area contributed by atoms with E-state index in [-0.39, 0.29) is 0 Å². The lowest BCUT2D eigenvalue weighted by Gasteiger charge is -1.98. The quantitative estimate of drug-likeness (QED) is 0.825. The van der Waals surface area contributed by atoms with Crippen LogP contribution < -0.4 is 5.32 Å². The smallest absolute Gasteiger partial charge is 0.125 e. The summed E-state index contributed by atoms with van der Waals surface area (Å²) in [5, 5.41) is 6.51. The Bertz CT molecular complexity index is 462. The van der Waals surface area contributed by atoms with E-state index in [2.05, 4.69) is 33.7 Å². The Morgan fingerprint density at radius 3 is 2.94 bits per heavy atom. The average molecular weight is 247 g/mol. The topological polar surface area (TPSA) is 37.8 Å². The van der Waals surface area contributed by atoms with Crippen LogP contribution in [0, 0.1) is 6.92 Å². The van der Waals surface area contributed by atoms with Crippen LogP contribution in [0.3, 0.4) is 0 Å². The van der Waals surface area contributed by atoms with Crippen molar-refractivity contribution >= 4 is 11.3 Å². The molecule has 2 aromatic rings. The van der Waals surface area contributed by atoms with Crippen LogP contribution in [0.4, 0.5) is 0 Å². The number of nitrogens with zero attached hydrogens (tertiary/aromatic N) is 2. The summed E-state index contributed by atoms with van der Waals surface area (Å²) in [5.74, 6) is 0. The van der Waals surface area contributed by atoms with E-state index in [0.717, 1.165) is 41.5 Å². The normalized spacial score (nSPS) is 10.7. The zero-order valence-corrected chi connectivity index (χ0v) is 11.0. The molecule has 17 heavy (non-hydrogen) atoms. The second kappa shape index (κ2) is 5.89. The second-order valence-corrected chi connectivity index (χ2v) is 4.87. The van der Waals surface area contributed by atoms with E-state index in [1.54, 1.807) is 11.3 Å². The number of aryl methyl sites for hydroxylation is 1. The van der Waals surface area contributed by atoms with Crippen molar-refractivity contribution < 1.29 is 0 Å². The van der Waals surface area contributed by atoms with Gasteiger partial charge in [0.25, 0.3) is 0 Å². The lowest BCUT2D eigenvalue weighted by Crippen LogP contribution is -2.13. The van der Waals surface area contributed by atoms with Crippen LogP contribution in [-0.2, 0) is 6.54 Å². The zero-order valence-electron chi connectivity index (χ0n) is 10.2. The van der Waals surface area contributed by atoms with Gasteiger partial charge in [0.05, 0.1) is 5.69 Å². The molecule has 90 valence electrons. The molecular weight excluding hydrogens is 230 g/mol. The van der Waals surface area contributed by atoms with Crippen LogP contribution in [0.2, 0.25) is 0 Å². The molecule has 0 spiro atoms. The van der Waals surface area contributed by atoms with Gasteiger partial charge in [0.2, 0.25) is 0 Å². The minimum absolute atomic E-state index is 0.851. The highest BCUT2D eigenvalue weighted by molar-refractivity contribution is 7.13. The Labute approximate surface area is 106 Å². The van der Waals surface area contributed by atoms with Gasteiger partial charge in [-0.2, -0.15) is 0 Å². The molecule has 0 bridgehead atoms. The molecule has 0 unspecified atom stereocenters. The molecule has 0 aliphatic carbocycles. The molecule has 1 N–H and O–H groups in total. The fourth-order valence-corrected chi connectivity index (χ4v) is 2.32. The van der Waals surface area contributed by atoms with Crippen LogP contribution in [0.15, 0.2) is 23.7 Å². The van der Waals surface area contributed by atoms with Crippen LogP contribution in [0.25, 0.3) is 10.6 Å². The SMILES string of the molecule is CCCNCc1csc(-c2ccc(C)nc2)n1. The third-order valence-electron chi connectivity index (χ3n) is 2.44. The maximum atomic E-state index is 4.60. The maximum Gasteiger partial charge on any atom is 0.125 e. The van der Waals surface area contributed by atoms with Gasteiger partial charge in [0.1, 0.15) is 5.01 Å². The Morgan fingerprint density at radius 2 is 2.24 bits per heavy atom. The van der Waals surface area contributed by atoms with Gasteiger partial charge in [-0.05, 0) is 32.0 Å². The molecule has 2 heterocycles. The first-order chi connectivity index (χ1) is 8.29. The first kappa shape index (κ1) is 12.2. The van der Waals surface area contributed by atoms with Crippen molar-refractivity contribution in [2.45, 2.75) is 26.8 Å². The minimum atomic E-state index is 0.851. The predicted octanol–water partition coefficient (Wildman–Crippen LogP) is 3.01. The van der Waals surface area contributed by atoms with E-state index >= 15 is 0 Å². The number of hydrogen-bond donors (Lipinski definition) is 1. The molecule has 0 aromatic carbocycles. The first-order valence-corrected chi connectivity index (χ1v) is 6.75. The number of nitrogens with one attached hydrogen (secondary N) is 1. The van der Waals surface area contributed by atoms with Crippen molar-refractivity contribution in [1.29, 1.82) is 0 Å². The van der Waals surface area contributed by atoms with Crippen molar-refractivity contribution in [3.05, 3.63) is 35.1 Å². The summed E-state index contributed by atoms with van der Waals surface area (Å²) in [6, 6.07) is 4.09. The van der Waals surface area contributed by atoms with Gasteiger partial charge in [-0.1, -0.05) is 6.92 Å². The van der Waals surface area contributed by atoms with Crippen molar-refractivity contribution in [3.8, 4) is 10.6 Å². The fraction of sp³-hybridized carbons (Fsp3) is 0.385. The van der Waals surface area contributed by atoms with E-state index in [1.165, 1.54) is 0 Å². The fourth-order valence-electron chi connectivity index (χ4n) is 1.51. The van der Waals surface area contributed by atoms with Gasteiger partial charge < -0.3 is 5.32 Å². The first-order valence-electron chi connectivity index (χ1n) is 5.87. The molecule has 0 atom stereocenters. The highest BCUT2D eigenvalue weighted by atomic mass is 32.1. The van der Waals surface area contributed by atoms with E-state index in [9.17, 15) is 0 Å². The highest BCUT2D eigenvalue weighted by Crippen LogP contribution is 2.22. The third-order valence-corrected chi connectivity index (χ3v) is 3.38. The minimum Gasteiger partial charge on any atom is -0.311 e. The van der Waals surface area contributed by atoms with E-state index in [1.807, 2.05) is 19.2 Å². The van der Waals surface area contributed by atoms with Crippen LogP contribution >= 0.6 is 11.3 Å². The molecule has 3 nitrogen and oxygen atoms in total. The molecule has 2 aromatic heterocycles. The highest BCUT2D eigenvalue weighted by Gasteiger charge is 2.04. The second-order valence-electron chi connectivity index (χ2n) is 4.01. The molecular formula is C13H17N3S. The molecule has 0 radical (unpaired) electrons. The van der Waals surface area contributed by atoms with Crippen molar-refractivity contribution in [1.82, 2.24) is 15.3 Å². The molecule has 0 fully saturated rings. The Kier molecular flexibility index (Phi) is 4.23. The largest absolute Gasteiger partial charge is 0.311 e. The summed E-state index contributed by atoms with van der Waals surface area (Å²) in [5.41, 5.74) is 3.25. The Balaban J connectivity index is 2.04. The molecule has 2 rings (SSSR count). The van der Waals surface area contributed by atoms with Crippen molar-refractivity contribution in [3.63, 3.8) is 0 Å². The number of rotatable bonds is 5. The van der Waals surface area contributed by atoms with E-state index in [4.69, 9.17) is 0 Å².